The quantitative estimate of drug-likeness (QED) is 0.395. The van der Waals surface area contributed by atoms with Gasteiger partial charge in [-0.3, -0.25) is 9.78 Å². The van der Waals surface area contributed by atoms with Crippen molar-refractivity contribution in [2.45, 2.75) is 24.4 Å². The number of carbonyl (C=O) groups is 3. The van der Waals surface area contributed by atoms with Gasteiger partial charge in [0.1, 0.15) is 12.6 Å². The van der Waals surface area contributed by atoms with E-state index >= 15 is 0 Å². The van der Waals surface area contributed by atoms with Gasteiger partial charge in [0.05, 0.1) is 12.1 Å². The molecule has 2 atom stereocenters. The normalized spacial score (nSPS) is 13.9. The van der Waals surface area contributed by atoms with Crippen molar-refractivity contribution < 1.29 is 29.0 Å². The van der Waals surface area contributed by atoms with Gasteiger partial charge in [0.2, 0.25) is 5.91 Å². The zero-order chi connectivity index (χ0) is 24.8. The maximum absolute atomic E-state index is 12.9. The SMILES string of the molecule is COCC(NC(=O)C(Cc1cncs1)NC(=O)OCC1c2ccccc2-c2ccccc21)C(=O)O. The van der Waals surface area contributed by atoms with Gasteiger partial charge in [-0.25, -0.2) is 9.59 Å². The van der Waals surface area contributed by atoms with E-state index in [9.17, 15) is 19.5 Å². The number of hydrogen-bond donors (Lipinski definition) is 3. The van der Waals surface area contributed by atoms with Crippen LogP contribution < -0.4 is 10.6 Å². The van der Waals surface area contributed by atoms with Gasteiger partial charge in [-0.15, -0.1) is 11.3 Å². The van der Waals surface area contributed by atoms with Crippen LogP contribution in [0.3, 0.4) is 0 Å². The first-order valence-electron chi connectivity index (χ1n) is 11.0. The number of nitrogens with one attached hydrogen (secondary N) is 2. The number of ether oxygens (including phenoxy) is 2. The summed E-state index contributed by atoms with van der Waals surface area (Å²) in [6, 6.07) is 13.7. The number of aromatic nitrogens is 1. The third-order valence-electron chi connectivity index (χ3n) is 5.79. The maximum atomic E-state index is 12.9. The molecule has 1 heterocycles. The van der Waals surface area contributed by atoms with Crippen molar-refractivity contribution in [1.29, 1.82) is 0 Å². The third-order valence-corrected chi connectivity index (χ3v) is 6.59. The number of amides is 2. The second-order valence-electron chi connectivity index (χ2n) is 8.05. The molecular formula is C25H25N3O6S. The summed E-state index contributed by atoms with van der Waals surface area (Å²) >= 11 is 1.33. The molecule has 3 N–H and O–H groups in total. The average molecular weight is 496 g/mol. The fraction of sp³-hybridized carbons (Fsp3) is 0.280. The van der Waals surface area contributed by atoms with Crippen LogP contribution in [0.5, 0.6) is 0 Å². The van der Waals surface area contributed by atoms with Crippen molar-refractivity contribution in [1.82, 2.24) is 15.6 Å². The van der Waals surface area contributed by atoms with Crippen molar-refractivity contribution in [3.63, 3.8) is 0 Å². The highest BCUT2D eigenvalue weighted by molar-refractivity contribution is 7.09. The minimum Gasteiger partial charge on any atom is -0.480 e. The molecule has 0 saturated heterocycles. The lowest BCUT2D eigenvalue weighted by atomic mass is 9.98. The van der Waals surface area contributed by atoms with Gasteiger partial charge >= 0.3 is 12.1 Å². The average Bonchev–Trinajstić information content (AvgIpc) is 3.48. The highest BCUT2D eigenvalue weighted by Crippen LogP contribution is 2.44. The van der Waals surface area contributed by atoms with E-state index < -0.39 is 30.1 Å². The van der Waals surface area contributed by atoms with Crippen LogP contribution in [-0.4, -0.2) is 60.5 Å². The van der Waals surface area contributed by atoms with E-state index in [0.29, 0.717) is 0 Å². The number of nitrogens with zero attached hydrogens (tertiary/aromatic N) is 1. The van der Waals surface area contributed by atoms with E-state index in [1.165, 1.54) is 18.4 Å². The lowest BCUT2D eigenvalue weighted by molar-refractivity contribution is -0.143. The van der Waals surface area contributed by atoms with Crippen LogP contribution in [0.1, 0.15) is 21.9 Å². The number of fused-ring (bicyclic) bond motifs is 3. The number of alkyl carbamates (subject to hydrolysis) is 1. The first-order valence-corrected chi connectivity index (χ1v) is 11.9. The molecule has 10 heteroatoms. The van der Waals surface area contributed by atoms with Crippen LogP contribution in [0, 0.1) is 0 Å². The summed E-state index contributed by atoms with van der Waals surface area (Å²) in [6.07, 6.45) is 0.962. The molecule has 1 aliphatic rings. The summed E-state index contributed by atoms with van der Waals surface area (Å²) in [6.45, 7) is -0.116. The standard InChI is InChI=1S/C25H25N3O6S/c1-33-13-22(24(30)31)27-23(29)21(10-15-11-26-14-35-15)28-25(32)34-12-20-18-8-4-2-6-16(18)17-7-3-5-9-19(17)20/h2-9,11,14,20-22H,10,12-13H2,1H3,(H,27,29)(H,28,32)(H,30,31). The largest absolute Gasteiger partial charge is 0.480 e. The van der Waals surface area contributed by atoms with Gasteiger partial charge in [0.15, 0.2) is 6.04 Å². The number of methoxy groups -OCH3 is 1. The van der Waals surface area contributed by atoms with E-state index in [1.54, 1.807) is 11.7 Å². The van der Waals surface area contributed by atoms with Crippen LogP contribution in [0.4, 0.5) is 4.79 Å². The Balaban J connectivity index is 1.44. The van der Waals surface area contributed by atoms with E-state index in [4.69, 9.17) is 9.47 Å². The molecular weight excluding hydrogens is 470 g/mol. The van der Waals surface area contributed by atoms with Crippen LogP contribution in [0.15, 0.2) is 60.2 Å². The van der Waals surface area contributed by atoms with Crippen molar-refractivity contribution in [3.05, 3.63) is 76.2 Å². The number of carbonyl (C=O) groups excluding carboxylic acids is 2. The Morgan fingerprint density at radius 1 is 1.03 bits per heavy atom. The number of carboxylic acid groups (broad SMARTS) is 1. The number of rotatable bonds is 10. The van der Waals surface area contributed by atoms with Gasteiger partial charge in [0, 0.05) is 30.5 Å². The van der Waals surface area contributed by atoms with Gasteiger partial charge < -0.3 is 25.2 Å². The van der Waals surface area contributed by atoms with Crippen molar-refractivity contribution in [2.24, 2.45) is 0 Å². The van der Waals surface area contributed by atoms with Crippen LogP contribution in [0.25, 0.3) is 11.1 Å². The van der Waals surface area contributed by atoms with E-state index in [2.05, 4.69) is 15.6 Å². The molecule has 0 bridgehead atoms. The van der Waals surface area contributed by atoms with Gasteiger partial charge in [-0.2, -0.15) is 0 Å². The molecule has 2 aromatic carbocycles. The Kier molecular flexibility index (Phi) is 7.74. The van der Waals surface area contributed by atoms with Crippen molar-refractivity contribution >= 4 is 29.3 Å². The Labute approximate surface area is 206 Å². The van der Waals surface area contributed by atoms with E-state index in [0.717, 1.165) is 27.1 Å². The minimum atomic E-state index is -1.25. The molecule has 182 valence electrons. The minimum absolute atomic E-state index is 0.0934. The number of benzene rings is 2. The summed E-state index contributed by atoms with van der Waals surface area (Å²) in [5, 5.41) is 14.3. The van der Waals surface area contributed by atoms with E-state index in [1.807, 2.05) is 48.5 Å². The number of aliphatic carboxylic acids is 1. The first-order chi connectivity index (χ1) is 17.0. The lowest BCUT2D eigenvalue weighted by Crippen LogP contribution is -2.53. The molecule has 1 aromatic heterocycles. The molecule has 0 fully saturated rings. The highest BCUT2D eigenvalue weighted by atomic mass is 32.1. The molecule has 0 spiro atoms. The van der Waals surface area contributed by atoms with Crippen LogP contribution >= 0.6 is 11.3 Å². The summed E-state index contributed by atoms with van der Waals surface area (Å²) < 4.78 is 10.4. The molecule has 2 amide bonds. The molecule has 0 saturated carbocycles. The fourth-order valence-corrected chi connectivity index (χ4v) is 4.79. The summed E-state index contributed by atoms with van der Waals surface area (Å²) in [5.41, 5.74) is 5.98. The number of hydrogen-bond acceptors (Lipinski definition) is 7. The first kappa shape index (κ1) is 24.4. The van der Waals surface area contributed by atoms with Crippen molar-refractivity contribution in [2.75, 3.05) is 20.3 Å². The van der Waals surface area contributed by atoms with Gasteiger partial charge in [-0.05, 0) is 22.3 Å². The lowest BCUT2D eigenvalue weighted by Gasteiger charge is -2.21. The summed E-state index contributed by atoms with van der Waals surface area (Å²) in [4.78, 5) is 41.8. The number of carboxylic acids is 1. The molecule has 0 aliphatic heterocycles. The molecule has 4 rings (SSSR count). The second-order valence-corrected chi connectivity index (χ2v) is 9.02. The maximum Gasteiger partial charge on any atom is 0.407 e. The topological polar surface area (TPSA) is 127 Å². The Morgan fingerprint density at radius 3 is 2.26 bits per heavy atom. The Hall–Kier alpha value is -3.76. The van der Waals surface area contributed by atoms with Crippen LogP contribution in [-0.2, 0) is 25.5 Å². The summed E-state index contributed by atoms with van der Waals surface area (Å²) in [5.74, 6) is -2.02. The zero-order valence-electron chi connectivity index (χ0n) is 19.0. The zero-order valence-corrected chi connectivity index (χ0v) is 19.8. The molecule has 35 heavy (non-hydrogen) atoms. The second kappa shape index (κ2) is 11.1. The van der Waals surface area contributed by atoms with Gasteiger partial charge in [-0.1, -0.05) is 48.5 Å². The third kappa shape index (κ3) is 5.67. The molecule has 3 aromatic rings. The monoisotopic (exact) mass is 495 g/mol. The molecule has 2 unspecified atom stereocenters. The molecule has 1 aliphatic carbocycles. The number of thiazole rings is 1. The fourth-order valence-electron chi connectivity index (χ4n) is 4.15. The van der Waals surface area contributed by atoms with Crippen molar-refractivity contribution in [3.8, 4) is 11.1 Å². The predicted octanol–water partition coefficient (Wildman–Crippen LogP) is 2.81. The molecule has 9 nitrogen and oxygen atoms in total. The van der Waals surface area contributed by atoms with Crippen LogP contribution in [0.2, 0.25) is 0 Å². The highest BCUT2D eigenvalue weighted by Gasteiger charge is 2.31. The Morgan fingerprint density at radius 2 is 1.69 bits per heavy atom. The predicted molar refractivity (Wildman–Crippen MR) is 129 cm³/mol. The van der Waals surface area contributed by atoms with E-state index in [-0.39, 0.29) is 25.6 Å². The van der Waals surface area contributed by atoms with Gasteiger partial charge in [0.25, 0.3) is 0 Å². The summed E-state index contributed by atoms with van der Waals surface area (Å²) in [7, 11) is 1.34. The molecule has 0 radical (unpaired) electrons. The Bertz CT molecular complexity index is 1150. The smallest absolute Gasteiger partial charge is 0.407 e.